The Kier molecular flexibility index (Phi) is 8.78. The number of halogens is 2. The van der Waals surface area contributed by atoms with Crippen LogP contribution in [0.2, 0.25) is 0 Å². The molecule has 14 heavy (non-hydrogen) atoms. The molecule has 4 N–H and O–H groups in total. The average Bonchev–Trinajstić information content (AvgIpc) is 2.22. The predicted octanol–water partition coefficient (Wildman–Crippen LogP) is 0.959. The molecule has 0 aliphatic heterocycles. The van der Waals surface area contributed by atoms with E-state index in [-0.39, 0.29) is 11.8 Å². The number of aliphatic imine (C=N–C) groups is 2. The molecule has 0 saturated carbocycles. The molecule has 0 aromatic rings. The first-order valence-electron chi connectivity index (χ1n) is 4.40. The number of nitrogens with two attached hydrogens (primary N) is 2. The lowest BCUT2D eigenvalue weighted by molar-refractivity contribution is 0.755. The molecule has 0 atom stereocenters. The minimum atomic E-state index is 0.289. The zero-order chi connectivity index (χ0) is 10.8. The maximum absolute atomic E-state index is 5.44. The maximum Gasteiger partial charge on any atom is 0.109 e. The van der Waals surface area contributed by atoms with Gasteiger partial charge in [0.1, 0.15) is 11.7 Å². The van der Waals surface area contributed by atoms with Gasteiger partial charge in [-0.25, -0.2) is 0 Å². The van der Waals surface area contributed by atoms with Gasteiger partial charge in [0.2, 0.25) is 0 Å². The fourth-order valence-corrected chi connectivity index (χ4v) is 0.922. The average molecular weight is 239 g/mol. The number of hydrogen-bond acceptors (Lipinski definition) is 2. The second-order valence-corrected chi connectivity index (χ2v) is 3.26. The Morgan fingerprint density at radius 3 is 1.50 bits per heavy atom. The Balaban J connectivity index is 3.39. The van der Waals surface area contributed by atoms with Crippen LogP contribution in [-0.2, 0) is 0 Å². The number of nitrogens with zero attached hydrogens (tertiary/aromatic N) is 2. The zero-order valence-corrected chi connectivity index (χ0v) is 9.56. The van der Waals surface area contributed by atoms with Crippen LogP contribution in [0.25, 0.3) is 0 Å². The van der Waals surface area contributed by atoms with E-state index in [2.05, 4.69) is 9.98 Å². The number of rotatable bonds is 7. The monoisotopic (exact) mass is 238 g/mol. The molecule has 0 aromatic heterocycles. The highest BCUT2D eigenvalue weighted by Gasteiger charge is 1.90. The van der Waals surface area contributed by atoms with Crippen LogP contribution in [-0.4, -0.2) is 36.5 Å². The summed E-state index contributed by atoms with van der Waals surface area (Å²) in [4.78, 5) is 8.07. The number of amidine groups is 2. The van der Waals surface area contributed by atoms with Crippen molar-refractivity contribution in [2.24, 2.45) is 21.5 Å². The van der Waals surface area contributed by atoms with Crippen LogP contribution in [0.5, 0.6) is 0 Å². The largest absolute Gasteiger partial charge is 0.386 e. The van der Waals surface area contributed by atoms with E-state index in [1.165, 1.54) is 0 Å². The van der Waals surface area contributed by atoms with Crippen molar-refractivity contribution in [1.82, 2.24) is 0 Å². The van der Waals surface area contributed by atoms with Gasteiger partial charge in [0.25, 0.3) is 0 Å². The summed E-state index contributed by atoms with van der Waals surface area (Å²) in [6, 6.07) is 0. The normalized spacial score (nSPS) is 13.3. The highest BCUT2D eigenvalue weighted by atomic mass is 35.5. The topological polar surface area (TPSA) is 76.8 Å². The number of unbranched alkanes of at least 4 members (excludes halogenated alkanes) is 1. The molecule has 0 amide bonds. The summed E-state index contributed by atoms with van der Waals surface area (Å²) in [5.74, 6) is 1.54. The van der Waals surface area contributed by atoms with Crippen LogP contribution < -0.4 is 11.5 Å². The van der Waals surface area contributed by atoms with Crippen molar-refractivity contribution >= 4 is 34.9 Å². The fourth-order valence-electron chi connectivity index (χ4n) is 0.753. The van der Waals surface area contributed by atoms with Gasteiger partial charge in [0.15, 0.2) is 0 Å². The quantitative estimate of drug-likeness (QED) is 0.300. The molecule has 0 saturated heterocycles. The Labute approximate surface area is 94.4 Å². The molecule has 0 bridgehead atoms. The Morgan fingerprint density at radius 1 is 0.857 bits per heavy atom. The SMILES string of the molecule is NC(CCl)=NCCCCN=C(N)CCl. The molecule has 0 aliphatic carbocycles. The molecule has 0 radical (unpaired) electrons. The summed E-state index contributed by atoms with van der Waals surface area (Å²) in [5.41, 5.74) is 10.8. The summed E-state index contributed by atoms with van der Waals surface area (Å²) in [7, 11) is 0. The lowest BCUT2D eigenvalue weighted by atomic mass is 10.3. The molecule has 82 valence electrons. The van der Waals surface area contributed by atoms with E-state index in [9.17, 15) is 0 Å². The van der Waals surface area contributed by atoms with Crippen molar-refractivity contribution in [2.75, 3.05) is 24.8 Å². The van der Waals surface area contributed by atoms with E-state index in [1.807, 2.05) is 0 Å². The molecule has 0 spiro atoms. The zero-order valence-electron chi connectivity index (χ0n) is 8.05. The summed E-state index contributed by atoms with van der Waals surface area (Å²) < 4.78 is 0. The Morgan fingerprint density at radius 2 is 1.21 bits per heavy atom. The summed E-state index contributed by atoms with van der Waals surface area (Å²) in [5, 5.41) is 0. The van der Waals surface area contributed by atoms with Crippen molar-refractivity contribution in [2.45, 2.75) is 12.8 Å². The summed E-state index contributed by atoms with van der Waals surface area (Å²) >= 11 is 10.9. The van der Waals surface area contributed by atoms with E-state index < -0.39 is 0 Å². The Bertz CT molecular complexity index is 182. The van der Waals surface area contributed by atoms with Gasteiger partial charge in [-0.05, 0) is 12.8 Å². The molecule has 0 heterocycles. The predicted molar refractivity (Wildman–Crippen MR) is 63.7 cm³/mol. The molecule has 0 aromatic carbocycles. The maximum atomic E-state index is 5.44. The van der Waals surface area contributed by atoms with Crippen molar-refractivity contribution in [3.05, 3.63) is 0 Å². The van der Waals surface area contributed by atoms with Gasteiger partial charge in [-0.3, -0.25) is 9.98 Å². The highest BCUT2D eigenvalue weighted by Crippen LogP contribution is 1.91. The van der Waals surface area contributed by atoms with Crippen molar-refractivity contribution in [1.29, 1.82) is 0 Å². The fraction of sp³-hybridized carbons (Fsp3) is 0.750. The van der Waals surface area contributed by atoms with E-state index in [0.29, 0.717) is 24.8 Å². The van der Waals surface area contributed by atoms with E-state index in [0.717, 1.165) is 12.8 Å². The molecule has 0 unspecified atom stereocenters. The van der Waals surface area contributed by atoms with Gasteiger partial charge >= 0.3 is 0 Å². The van der Waals surface area contributed by atoms with Gasteiger partial charge in [0.05, 0.1) is 11.8 Å². The lowest BCUT2D eigenvalue weighted by Gasteiger charge is -1.97. The number of alkyl halides is 2. The molecule has 0 rings (SSSR count). The van der Waals surface area contributed by atoms with E-state index in [4.69, 9.17) is 34.7 Å². The van der Waals surface area contributed by atoms with E-state index in [1.54, 1.807) is 0 Å². The van der Waals surface area contributed by atoms with Crippen molar-refractivity contribution in [3.8, 4) is 0 Å². The van der Waals surface area contributed by atoms with Gasteiger partial charge < -0.3 is 11.5 Å². The summed E-state index contributed by atoms with van der Waals surface area (Å²) in [6.45, 7) is 1.38. The Hall–Kier alpha value is -0.480. The van der Waals surface area contributed by atoms with Gasteiger partial charge in [-0.1, -0.05) is 0 Å². The highest BCUT2D eigenvalue weighted by molar-refractivity contribution is 6.28. The smallest absolute Gasteiger partial charge is 0.109 e. The lowest BCUT2D eigenvalue weighted by Crippen LogP contribution is -2.14. The van der Waals surface area contributed by atoms with Crippen LogP contribution >= 0.6 is 23.2 Å². The van der Waals surface area contributed by atoms with Gasteiger partial charge in [-0.15, -0.1) is 23.2 Å². The first-order valence-corrected chi connectivity index (χ1v) is 5.47. The second kappa shape index (κ2) is 9.09. The third kappa shape index (κ3) is 8.13. The molecule has 0 fully saturated rings. The first kappa shape index (κ1) is 13.5. The second-order valence-electron chi connectivity index (χ2n) is 2.72. The van der Waals surface area contributed by atoms with Crippen LogP contribution in [0.4, 0.5) is 0 Å². The van der Waals surface area contributed by atoms with E-state index >= 15 is 0 Å². The summed E-state index contributed by atoms with van der Waals surface area (Å²) in [6.07, 6.45) is 1.85. The van der Waals surface area contributed by atoms with Crippen LogP contribution in [0.3, 0.4) is 0 Å². The van der Waals surface area contributed by atoms with Gasteiger partial charge in [-0.2, -0.15) is 0 Å². The minimum absolute atomic E-state index is 0.289. The molecular formula is C8H16Cl2N4. The molecule has 0 aliphatic rings. The van der Waals surface area contributed by atoms with Crippen LogP contribution in [0, 0.1) is 0 Å². The molecule has 6 heteroatoms. The van der Waals surface area contributed by atoms with Crippen molar-refractivity contribution < 1.29 is 0 Å². The third-order valence-electron chi connectivity index (χ3n) is 1.47. The van der Waals surface area contributed by atoms with Crippen LogP contribution in [0.15, 0.2) is 9.98 Å². The van der Waals surface area contributed by atoms with Gasteiger partial charge in [0, 0.05) is 13.1 Å². The molecular weight excluding hydrogens is 223 g/mol. The molecule has 4 nitrogen and oxygen atoms in total. The minimum Gasteiger partial charge on any atom is -0.386 e. The standard InChI is InChI=1S/C8H16Cl2N4/c9-5-7(11)13-3-1-2-4-14-8(12)6-10/h1-6H2,(H2,11,13)(H2,12,14). The van der Waals surface area contributed by atoms with Crippen molar-refractivity contribution in [3.63, 3.8) is 0 Å². The number of hydrogen-bond donors (Lipinski definition) is 2. The first-order chi connectivity index (χ1) is 6.70. The van der Waals surface area contributed by atoms with Crippen LogP contribution in [0.1, 0.15) is 12.8 Å². The third-order valence-corrected chi connectivity index (χ3v) is 2.02.